The monoisotopic (exact) mass is 267 g/mol. The fourth-order valence-corrected chi connectivity index (χ4v) is 2.27. The molecule has 2 rings (SSSR count). The second kappa shape index (κ2) is 5.21. The number of halogens is 3. The van der Waals surface area contributed by atoms with E-state index in [9.17, 15) is 13.2 Å². The van der Waals surface area contributed by atoms with Crippen LogP contribution in [0.4, 0.5) is 13.2 Å². The van der Waals surface area contributed by atoms with Crippen molar-refractivity contribution in [3.63, 3.8) is 0 Å². The highest BCUT2D eigenvalue weighted by molar-refractivity contribution is 5.88. The van der Waals surface area contributed by atoms with Crippen molar-refractivity contribution in [2.24, 2.45) is 5.73 Å². The van der Waals surface area contributed by atoms with Crippen molar-refractivity contribution in [3.05, 3.63) is 47.5 Å². The average molecular weight is 267 g/mol. The summed E-state index contributed by atoms with van der Waals surface area (Å²) in [6.45, 7) is 1.98. The van der Waals surface area contributed by atoms with Crippen LogP contribution in [-0.4, -0.2) is 6.18 Å². The molecule has 0 aliphatic heterocycles. The smallest absolute Gasteiger partial charge is 0.324 e. The Bertz CT molecular complexity index is 575. The van der Waals surface area contributed by atoms with E-state index in [1.54, 1.807) is 0 Å². The lowest BCUT2D eigenvalue weighted by molar-refractivity contribution is -0.136. The van der Waals surface area contributed by atoms with Crippen molar-refractivity contribution in [2.75, 3.05) is 0 Å². The first kappa shape index (κ1) is 13.9. The summed E-state index contributed by atoms with van der Waals surface area (Å²) in [4.78, 5) is 0. The van der Waals surface area contributed by atoms with Crippen LogP contribution < -0.4 is 5.73 Å². The first-order valence-electron chi connectivity index (χ1n) is 6.19. The van der Waals surface area contributed by atoms with Crippen molar-refractivity contribution in [1.82, 2.24) is 0 Å². The molecule has 0 heterocycles. The van der Waals surface area contributed by atoms with Crippen molar-refractivity contribution in [1.29, 1.82) is 0 Å². The maximum atomic E-state index is 12.3. The molecule has 0 bridgehead atoms. The van der Waals surface area contributed by atoms with Crippen molar-refractivity contribution >= 4 is 10.8 Å². The van der Waals surface area contributed by atoms with E-state index in [0.29, 0.717) is 0 Å². The Hall–Kier alpha value is -1.55. The van der Waals surface area contributed by atoms with Gasteiger partial charge < -0.3 is 5.73 Å². The van der Waals surface area contributed by atoms with Gasteiger partial charge in [-0.15, -0.1) is 0 Å². The Balaban J connectivity index is 2.32. The third-order valence-electron chi connectivity index (χ3n) is 3.31. The van der Waals surface area contributed by atoms with Crippen molar-refractivity contribution in [2.45, 2.75) is 32.0 Å². The zero-order valence-electron chi connectivity index (χ0n) is 10.7. The largest absolute Gasteiger partial charge is 0.389 e. The summed E-state index contributed by atoms with van der Waals surface area (Å²) >= 11 is 0. The molecule has 0 spiro atoms. The number of alkyl halides is 3. The Labute approximate surface area is 110 Å². The van der Waals surface area contributed by atoms with E-state index >= 15 is 0 Å². The molecule has 0 fully saturated rings. The molecule has 2 aromatic rings. The maximum absolute atomic E-state index is 12.3. The van der Waals surface area contributed by atoms with Crippen LogP contribution in [0.3, 0.4) is 0 Å². The normalized spacial score (nSPS) is 13.7. The van der Waals surface area contributed by atoms with E-state index in [4.69, 9.17) is 5.73 Å². The van der Waals surface area contributed by atoms with Gasteiger partial charge in [0, 0.05) is 12.5 Å². The highest BCUT2D eigenvalue weighted by Gasteiger charge is 2.28. The van der Waals surface area contributed by atoms with Crippen LogP contribution in [0.5, 0.6) is 0 Å². The fraction of sp³-hybridized carbons (Fsp3) is 0.333. The van der Waals surface area contributed by atoms with E-state index in [2.05, 4.69) is 0 Å². The molecule has 4 heteroatoms. The molecule has 0 aliphatic rings. The molecule has 0 radical (unpaired) electrons. The van der Waals surface area contributed by atoms with Gasteiger partial charge in [-0.3, -0.25) is 0 Å². The molecule has 0 saturated heterocycles. The summed E-state index contributed by atoms with van der Waals surface area (Å²) in [7, 11) is 0. The Morgan fingerprint density at radius 1 is 1.05 bits per heavy atom. The SMILES string of the molecule is Cc1ccc([C@H](N)CCC(F)(F)F)c2ccccc12. The number of fused-ring (bicyclic) bond motifs is 1. The van der Waals surface area contributed by atoms with Crippen LogP contribution in [-0.2, 0) is 0 Å². The van der Waals surface area contributed by atoms with Gasteiger partial charge in [0.2, 0.25) is 0 Å². The second-order valence-corrected chi connectivity index (χ2v) is 4.78. The van der Waals surface area contributed by atoms with Crippen LogP contribution in [0.2, 0.25) is 0 Å². The van der Waals surface area contributed by atoms with Crippen LogP contribution >= 0.6 is 0 Å². The summed E-state index contributed by atoms with van der Waals surface area (Å²) < 4.78 is 36.8. The van der Waals surface area contributed by atoms with Gasteiger partial charge in [-0.25, -0.2) is 0 Å². The van der Waals surface area contributed by atoms with E-state index in [0.717, 1.165) is 21.9 Å². The molecule has 19 heavy (non-hydrogen) atoms. The highest BCUT2D eigenvalue weighted by Crippen LogP contribution is 2.31. The number of rotatable bonds is 3. The molecule has 0 saturated carbocycles. The molecule has 1 nitrogen and oxygen atoms in total. The Kier molecular flexibility index (Phi) is 3.80. The van der Waals surface area contributed by atoms with Gasteiger partial charge in [-0.05, 0) is 35.2 Å². The molecule has 2 N–H and O–H groups in total. The van der Waals surface area contributed by atoms with Gasteiger partial charge in [0.15, 0.2) is 0 Å². The number of benzene rings is 2. The van der Waals surface area contributed by atoms with Gasteiger partial charge in [-0.1, -0.05) is 36.4 Å². The summed E-state index contributed by atoms with van der Waals surface area (Å²) in [5.41, 5.74) is 7.80. The lowest BCUT2D eigenvalue weighted by atomic mass is 9.94. The van der Waals surface area contributed by atoms with Gasteiger partial charge >= 0.3 is 6.18 Å². The molecule has 0 aliphatic carbocycles. The maximum Gasteiger partial charge on any atom is 0.389 e. The quantitative estimate of drug-likeness (QED) is 0.871. The first-order valence-corrected chi connectivity index (χ1v) is 6.19. The number of aryl methyl sites for hydroxylation is 1. The third-order valence-corrected chi connectivity index (χ3v) is 3.31. The second-order valence-electron chi connectivity index (χ2n) is 4.78. The minimum atomic E-state index is -4.15. The van der Waals surface area contributed by atoms with Gasteiger partial charge in [0.1, 0.15) is 0 Å². The van der Waals surface area contributed by atoms with Crippen molar-refractivity contribution < 1.29 is 13.2 Å². The molecule has 1 atom stereocenters. The van der Waals surface area contributed by atoms with E-state index < -0.39 is 18.6 Å². The molecule has 0 unspecified atom stereocenters. The summed E-state index contributed by atoms with van der Waals surface area (Å²) in [5, 5.41) is 1.99. The number of nitrogens with two attached hydrogens (primary N) is 1. The Morgan fingerprint density at radius 3 is 2.32 bits per heavy atom. The van der Waals surface area contributed by atoms with E-state index in [1.807, 2.05) is 43.3 Å². The first-order chi connectivity index (χ1) is 8.88. The standard InChI is InChI=1S/C15H16F3N/c1-10-6-7-13(12-5-3-2-4-11(10)12)14(19)8-9-15(16,17)18/h2-7,14H,8-9,19H2,1H3/t14-/m1/s1. The highest BCUT2D eigenvalue weighted by atomic mass is 19.4. The van der Waals surface area contributed by atoms with E-state index in [-0.39, 0.29) is 6.42 Å². The van der Waals surface area contributed by atoms with Crippen LogP contribution in [0.15, 0.2) is 36.4 Å². The van der Waals surface area contributed by atoms with Crippen LogP contribution in [0, 0.1) is 6.92 Å². The van der Waals surface area contributed by atoms with Crippen LogP contribution in [0.1, 0.15) is 30.0 Å². The summed E-state index contributed by atoms with van der Waals surface area (Å²) in [6.07, 6.45) is -5.09. The predicted octanol–water partition coefficient (Wildman–Crippen LogP) is 4.49. The number of hydrogen-bond acceptors (Lipinski definition) is 1. The number of hydrogen-bond donors (Lipinski definition) is 1. The van der Waals surface area contributed by atoms with Gasteiger partial charge in [-0.2, -0.15) is 13.2 Å². The average Bonchev–Trinajstić information content (AvgIpc) is 2.36. The predicted molar refractivity (Wildman–Crippen MR) is 70.9 cm³/mol. The van der Waals surface area contributed by atoms with E-state index in [1.165, 1.54) is 0 Å². The zero-order valence-corrected chi connectivity index (χ0v) is 10.7. The summed E-state index contributed by atoms with van der Waals surface area (Å²) in [5.74, 6) is 0. The lowest BCUT2D eigenvalue weighted by Gasteiger charge is -2.16. The Morgan fingerprint density at radius 2 is 1.68 bits per heavy atom. The molecular formula is C15H16F3N. The third kappa shape index (κ3) is 3.26. The molecule has 102 valence electrons. The van der Waals surface area contributed by atoms with Crippen LogP contribution in [0.25, 0.3) is 10.8 Å². The minimum Gasteiger partial charge on any atom is -0.324 e. The molecule has 0 aromatic heterocycles. The zero-order chi connectivity index (χ0) is 14.0. The molecular weight excluding hydrogens is 251 g/mol. The van der Waals surface area contributed by atoms with Gasteiger partial charge in [0.05, 0.1) is 0 Å². The topological polar surface area (TPSA) is 26.0 Å². The fourth-order valence-electron chi connectivity index (χ4n) is 2.27. The minimum absolute atomic E-state index is 0.0868. The van der Waals surface area contributed by atoms with Gasteiger partial charge in [0.25, 0.3) is 0 Å². The lowest BCUT2D eigenvalue weighted by Crippen LogP contribution is -2.16. The summed E-state index contributed by atoms with van der Waals surface area (Å²) in [6, 6.07) is 10.8. The molecule has 2 aromatic carbocycles. The van der Waals surface area contributed by atoms with Crippen molar-refractivity contribution in [3.8, 4) is 0 Å². The molecule has 0 amide bonds.